The number of aryl methyl sites for hydroxylation is 1. The Hall–Kier alpha value is -2.54. The van der Waals surface area contributed by atoms with Crippen LogP contribution in [0.25, 0.3) is 0 Å². The first kappa shape index (κ1) is 18.3. The maximum Gasteiger partial charge on any atom is 0.242 e. The standard InChI is InChI=1S/C19H27N5O2/c1-20-18(14-12-21-23(2)13-14)19(25)22-15-8-10-24(11-9-15)16-6-4-5-7-17(16)26-3/h4-7,12-13,15,18,20H,8-11H2,1-3H3,(H,22,25). The van der Waals surface area contributed by atoms with Crippen molar-refractivity contribution in [3.05, 3.63) is 42.2 Å². The molecule has 1 aliphatic rings. The average Bonchev–Trinajstić information content (AvgIpc) is 3.09. The zero-order valence-corrected chi connectivity index (χ0v) is 15.6. The normalized spacial score (nSPS) is 16.3. The number of carbonyl (C=O) groups is 1. The first-order valence-corrected chi connectivity index (χ1v) is 8.96. The summed E-state index contributed by atoms with van der Waals surface area (Å²) in [6.45, 7) is 1.78. The number of ether oxygens (including phenoxy) is 1. The summed E-state index contributed by atoms with van der Waals surface area (Å²) in [6, 6.07) is 7.87. The summed E-state index contributed by atoms with van der Waals surface area (Å²) in [4.78, 5) is 15.0. The van der Waals surface area contributed by atoms with Gasteiger partial charge in [0.15, 0.2) is 0 Å². The van der Waals surface area contributed by atoms with Crippen LogP contribution in [0.3, 0.4) is 0 Å². The average molecular weight is 357 g/mol. The van der Waals surface area contributed by atoms with Crippen LogP contribution in [0.2, 0.25) is 0 Å². The quantitative estimate of drug-likeness (QED) is 0.819. The Morgan fingerprint density at radius 2 is 2.04 bits per heavy atom. The molecule has 1 fully saturated rings. The lowest BCUT2D eigenvalue weighted by Crippen LogP contribution is -2.47. The van der Waals surface area contributed by atoms with E-state index >= 15 is 0 Å². The van der Waals surface area contributed by atoms with E-state index in [0.717, 1.165) is 42.9 Å². The van der Waals surface area contributed by atoms with Gasteiger partial charge in [0.25, 0.3) is 0 Å². The fraction of sp³-hybridized carbons (Fsp3) is 0.474. The third-order valence-corrected chi connectivity index (χ3v) is 4.88. The van der Waals surface area contributed by atoms with Gasteiger partial charge in [-0.25, -0.2) is 0 Å². The Kier molecular flexibility index (Phi) is 5.78. The summed E-state index contributed by atoms with van der Waals surface area (Å²) in [6.07, 6.45) is 5.41. The molecule has 0 aliphatic carbocycles. The summed E-state index contributed by atoms with van der Waals surface area (Å²) in [5, 5.41) is 10.4. The van der Waals surface area contributed by atoms with Crippen LogP contribution in [-0.4, -0.2) is 49.0 Å². The van der Waals surface area contributed by atoms with E-state index in [2.05, 4.69) is 26.7 Å². The number of hydrogen-bond donors (Lipinski definition) is 2. The highest BCUT2D eigenvalue weighted by atomic mass is 16.5. The molecule has 0 saturated carbocycles. The fourth-order valence-electron chi connectivity index (χ4n) is 3.48. The number of methoxy groups -OCH3 is 1. The zero-order valence-electron chi connectivity index (χ0n) is 15.6. The van der Waals surface area contributed by atoms with Crippen molar-refractivity contribution in [2.24, 2.45) is 7.05 Å². The number of piperidine rings is 1. The number of carbonyl (C=O) groups excluding carboxylic acids is 1. The first-order chi connectivity index (χ1) is 12.6. The number of rotatable bonds is 6. The van der Waals surface area contributed by atoms with Crippen LogP contribution >= 0.6 is 0 Å². The van der Waals surface area contributed by atoms with Gasteiger partial charge in [0.2, 0.25) is 5.91 Å². The Morgan fingerprint density at radius 1 is 1.31 bits per heavy atom. The lowest BCUT2D eigenvalue weighted by molar-refractivity contribution is -0.124. The van der Waals surface area contributed by atoms with Gasteiger partial charge in [-0.3, -0.25) is 9.48 Å². The third-order valence-electron chi connectivity index (χ3n) is 4.88. The van der Waals surface area contributed by atoms with Gasteiger partial charge in [-0.15, -0.1) is 0 Å². The molecular weight excluding hydrogens is 330 g/mol. The van der Waals surface area contributed by atoms with E-state index in [-0.39, 0.29) is 18.0 Å². The number of benzene rings is 1. The molecule has 1 unspecified atom stereocenters. The second-order valence-corrected chi connectivity index (χ2v) is 6.61. The molecule has 2 N–H and O–H groups in total. The monoisotopic (exact) mass is 357 g/mol. The van der Waals surface area contributed by atoms with Gasteiger partial charge in [0.1, 0.15) is 11.8 Å². The Balaban J connectivity index is 1.57. The van der Waals surface area contributed by atoms with Gasteiger partial charge in [-0.1, -0.05) is 12.1 Å². The number of nitrogens with one attached hydrogen (secondary N) is 2. The predicted molar refractivity (Wildman–Crippen MR) is 101 cm³/mol. The van der Waals surface area contributed by atoms with Gasteiger partial charge in [0.05, 0.1) is 19.0 Å². The van der Waals surface area contributed by atoms with Crippen LogP contribution in [0.15, 0.2) is 36.7 Å². The number of para-hydroxylation sites is 2. The van der Waals surface area contributed by atoms with Crippen LogP contribution in [0.1, 0.15) is 24.4 Å². The van der Waals surface area contributed by atoms with Crippen LogP contribution in [0, 0.1) is 0 Å². The number of anilines is 1. The summed E-state index contributed by atoms with van der Waals surface area (Å²) in [7, 11) is 5.34. The predicted octanol–water partition coefficient (Wildman–Crippen LogP) is 1.47. The molecule has 2 aromatic rings. The van der Waals surface area contributed by atoms with Gasteiger partial charge in [0, 0.05) is 37.9 Å². The molecule has 1 saturated heterocycles. The summed E-state index contributed by atoms with van der Waals surface area (Å²) < 4.78 is 7.17. The van der Waals surface area contributed by atoms with Crippen molar-refractivity contribution in [3.8, 4) is 5.75 Å². The highest BCUT2D eigenvalue weighted by molar-refractivity contribution is 5.83. The number of hydrogen-bond acceptors (Lipinski definition) is 5. The molecule has 3 rings (SSSR count). The SMILES string of the molecule is CNC(C(=O)NC1CCN(c2ccccc2OC)CC1)c1cnn(C)c1. The minimum absolute atomic E-state index is 0.00348. The van der Waals surface area contributed by atoms with Gasteiger partial charge >= 0.3 is 0 Å². The molecule has 1 aromatic heterocycles. The van der Waals surface area contributed by atoms with Crippen molar-refractivity contribution >= 4 is 11.6 Å². The molecule has 7 nitrogen and oxygen atoms in total. The Labute approximate surface area is 154 Å². The van der Waals surface area contributed by atoms with Crippen molar-refractivity contribution in [1.29, 1.82) is 0 Å². The zero-order chi connectivity index (χ0) is 18.5. The second-order valence-electron chi connectivity index (χ2n) is 6.61. The van der Waals surface area contributed by atoms with Crippen LogP contribution < -0.4 is 20.3 Å². The minimum atomic E-state index is -0.379. The topological polar surface area (TPSA) is 71.4 Å². The van der Waals surface area contributed by atoms with Gasteiger partial charge in [-0.05, 0) is 32.0 Å². The fourth-order valence-corrected chi connectivity index (χ4v) is 3.48. The molecular formula is C19H27N5O2. The Morgan fingerprint density at radius 3 is 2.65 bits per heavy atom. The molecule has 0 spiro atoms. The maximum absolute atomic E-state index is 12.7. The molecule has 1 atom stereocenters. The highest BCUT2D eigenvalue weighted by Gasteiger charge is 2.26. The summed E-state index contributed by atoms with van der Waals surface area (Å²) >= 11 is 0. The van der Waals surface area contributed by atoms with E-state index in [9.17, 15) is 4.79 Å². The number of nitrogens with zero attached hydrogens (tertiary/aromatic N) is 3. The molecule has 7 heteroatoms. The van der Waals surface area contributed by atoms with Crippen LogP contribution in [0.4, 0.5) is 5.69 Å². The van der Waals surface area contributed by atoms with E-state index in [1.54, 1.807) is 25.0 Å². The third kappa shape index (κ3) is 3.99. The molecule has 140 valence electrons. The van der Waals surface area contributed by atoms with Gasteiger partial charge < -0.3 is 20.3 Å². The van der Waals surface area contributed by atoms with Gasteiger partial charge in [-0.2, -0.15) is 5.10 Å². The highest BCUT2D eigenvalue weighted by Crippen LogP contribution is 2.30. The molecule has 0 bridgehead atoms. The molecule has 0 radical (unpaired) electrons. The second kappa shape index (κ2) is 8.23. The number of amides is 1. The summed E-state index contributed by atoms with van der Waals surface area (Å²) in [5.41, 5.74) is 1.99. The van der Waals surface area contributed by atoms with Crippen LogP contribution in [0.5, 0.6) is 5.75 Å². The number of likely N-dealkylation sites (N-methyl/N-ethyl adjacent to an activating group) is 1. The lowest BCUT2D eigenvalue weighted by atomic mass is 10.0. The Bertz CT molecular complexity index is 737. The molecule has 1 aromatic carbocycles. The van der Waals surface area contributed by atoms with Crippen LogP contribution in [-0.2, 0) is 11.8 Å². The van der Waals surface area contributed by atoms with Crippen molar-refractivity contribution in [3.63, 3.8) is 0 Å². The van der Waals surface area contributed by atoms with Crippen molar-refractivity contribution in [2.75, 3.05) is 32.1 Å². The van der Waals surface area contributed by atoms with E-state index in [1.165, 1.54) is 0 Å². The largest absolute Gasteiger partial charge is 0.495 e. The molecule has 2 heterocycles. The molecule has 1 aliphatic heterocycles. The summed E-state index contributed by atoms with van der Waals surface area (Å²) in [5.74, 6) is 0.887. The van der Waals surface area contributed by atoms with Crippen molar-refractivity contribution in [1.82, 2.24) is 20.4 Å². The maximum atomic E-state index is 12.7. The first-order valence-electron chi connectivity index (χ1n) is 8.96. The van der Waals surface area contributed by atoms with Crippen molar-refractivity contribution in [2.45, 2.75) is 24.9 Å². The van der Waals surface area contributed by atoms with E-state index in [0.29, 0.717) is 0 Å². The molecule has 1 amide bonds. The smallest absolute Gasteiger partial charge is 0.242 e. The number of aromatic nitrogens is 2. The van der Waals surface area contributed by atoms with E-state index in [1.807, 2.05) is 31.4 Å². The molecule has 26 heavy (non-hydrogen) atoms. The van der Waals surface area contributed by atoms with E-state index in [4.69, 9.17) is 4.74 Å². The van der Waals surface area contributed by atoms with Crippen molar-refractivity contribution < 1.29 is 9.53 Å². The minimum Gasteiger partial charge on any atom is -0.495 e. The lowest BCUT2D eigenvalue weighted by Gasteiger charge is -2.35. The van der Waals surface area contributed by atoms with E-state index < -0.39 is 0 Å².